The van der Waals surface area contributed by atoms with E-state index >= 15 is 0 Å². The summed E-state index contributed by atoms with van der Waals surface area (Å²) in [7, 11) is 0. The quantitative estimate of drug-likeness (QED) is 0.331. The second-order valence-electron chi connectivity index (χ2n) is 4.23. The number of para-hydroxylation sites is 2. The van der Waals surface area contributed by atoms with E-state index in [9.17, 15) is 10.1 Å². The average molecular weight is 315 g/mol. The van der Waals surface area contributed by atoms with Gasteiger partial charge in [0.05, 0.1) is 23.3 Å². The summed E-state index contributed by atoms with van der Waals surface area (Å²) in [6.45, 7) is 0. The monoisotopic (exact) mass is 315 g/mol. The zero-order valence-corrected chi connectivity index (χ0v) is 11.8. The number of fused-ring (bicyclic) bond motifs is 1. The van der Waals surface area contributed by atoms with Gasteiger partial charge in [0.25, 0.3) is 0 Å². The number of aromatic amines is 1. The molecule has 0 amide bonds. The third-order valence-electron chi connectivity index (χ3n) is 2.75. The molecule has 0 aliphatic heterocycles. The number of benzene rings is 1. The highest BCUT2D eigenvalue weighted by Crippen LogP contribution is 2.15. The molecule has 1 aromatic carbocycles. The number of nitrogens with one attached hydrogen (secondary N) is 2. The van der Waals surface area contributed by atoms with Crippen molar-refractivity contribution >= 4 is 41.2 Å². The fourth-order valence-electron chi connectivity index (χ4n) is 1.77. The van der Waals surface area contributed by atoms with Gasteiger partial charge in [0.1, 0.15) is 9.56 Å². The van der Waals surface area contributed by atoms with Crippen LogP contribution in [0.1, 0.15) is 5.76 Å². The second kappa shape index (κ2) is 5.74. The molecule has 2 N–H and O–H groups in total. The Balaban J connectivity index is 1.80. The number of H-pyrrole nitrogens is 1. The lowest BCUT2D eigenvalue weighted by molar-refractivity contribution is -0.402. The molecule has 110 valence electrons. The minimum atomic E-state index is -0.619. The van der Waals surface area contributed by atoms with Gasteiger partial charge < -0.3 is 9.40 Å². The molecule has 0 radical (unpaired) electrons. The third-order valence-corrected chi connectivity index (χ3v) is 3.05. The maximum Gasteiger partial charge on any atom is 0.433 e. The van der Waals surface area contributed by atoms with Gasteiger partial charge in [0.15, 0.2) is 11.6 Å². The first kappa shape index (κ1) is 13.9. The van der Waals surface area contributed by atoms with Gasteiger partial charge in [-0.15, -0.1) is 0 Å². The van der Waals surface area contributed by atoms with Crippen molar-refractivity contribution in [2.45, 2.75) is 0 Å². The van der Waals surface area contributed by atoms with Gasteiger partial charge in [0, 0.05) is 0 Å². The van der Waals surface area contributed by atoms with Crippen molar-refractivity contribution in [3.63, 3.8) is 0 Å². The second-order valence-corrected chi connectivity index (χ2v) is 4.64. The summed E-state index contributed by atoms with van der Waals surface area (Å²) in [6.07, 6.45) is 1.30. The van der Waals surface area contributed by atoms with Crippen LogP contribution in [-0.2, 0) is 0 Å². The van der Waals surface area contributed by atoms with Crippen LogP contribution in [0.2, 0.25) is 0 Å². The molecule has 8 nitrogen and oxygen atoms in total. The van der Waals surface area contributed by atoms with E-state index in [2.05, 4.69) is 20.5 Å². The van der Waals surface area contributed by atoms with Gasteiger partial charge in [-0.05, 0) is 18.2 Å². The van der Waals surface area contributed by atoms with Crippen LogP contribution in [0.15, 0.2) is 45.9 Å². The SMILES string of the molecule is O=[N+]([O-])c1ccc(C=NNc2nc3ccccc3[nH]c2=S)o1. The van der Waals surface area contributed by atoms with E-state index in [0.29, 0.717) is 10.5 Å². The number of nitro groups is 1. The predicted octanol–water partition coefficient (Wildman–Crippen LogP) is 3.24. The van der Waals surface area contributed by atoms with Crippen molar-refractivity contribution in [2.24, 2.45) is 5.10 Å². The largest absolute Gasteiger partial charge is 0.433 e. The van der Waals surface area contributed by atoms with Crippen molar-refractivity contribution in [3.8, 4) is 0 Å². The molecule has 22 heavy (non-hydrogen) atoms. The van der Waals surface area contributed by atoms with Crippen LogP contribution in [0.3, 0.4) is 0 Å². The van der Waals surface area contributed by atoms with Crippen molar-refractivity contribution in [3.05, 3.63) is 56.9 Å². The summed E-state index contributed by atoms with van der Waals surface area (Å²) in [5.74, 6) is 0.281. The van der Waals surface area contributed by atoms with Crippen molar-refractivity contribution in [1.29, 1.82) is 0 Å². The Morgan fingerprint density at radius 2 is 2.18 bits per heavy atom. The molecule has 0 bridgehead atoms. The summed E-state index contributed by atoms with van der Waals surface area (Å²) in [6, 6.07) is 10.1. The lowest BCUT2D eigenvalue weighted by atomic mass is 10.3. The van der Waals surface area contributed by atoms with Crippen molar-refractivity contribution in [2.75, 3.05) is 5.43 Å². The lowest BCUT2D eigenvalue weighted by Crippen LogP contribution is -1.96. The van der Waals surface area contributed by atoms with Crippen LogP contribution < -0.4 is 5.43 Å². The molecule has 0 aliphatic carbocycles. The fraction of sp³-hybridized carbons (Fsp3) is 0. The van der Waals surface area contributed by atoms with E-state index in [-0.39, 0.29) is 11.6 Å². The number of aromatic nitrogens is 2. The summed E-state index contributed by atoms with van der Waals surface area (Å²) >= 11 is 5.18. The molecular weight excluding hydrogens is 306 g/mol. The molecule has 0 atom stereocenters. The molecule has 3 rings (SSSR count). The van der Waals surface area contributed by atoms with Crippen LogP contribution in [0, 0.1) is 14.8 Å². The number of furan rings is 1. The molecule has 2 heterocycles. The Kier molecular flexibility index (Phi) is 3.62. The minimum Gasteiger partial charge on any atom is -0.400 e. The highest BCUT2D eigenvalue weighted by molar-refractivity contribution is 7.71. The zero-order chi connectivity index (χ0) is 15.5. The summed E-state index contributed by atoms with van der Waals surface area (Å²) in [4.78, 5) is 17.3. The maximum atomic E-state index is 10.5. The lowest BCUT2D eigenvalue weighted by Gasteiger charge is -2.02. The number of hydrogen-bond donors (Lipinski definition) is 2. The van der Waals surface area contributed by atoms with Crippen LogP contribution in [0.25, 0.3) is 11.0 Å². The average Bonchev–Trinajstić information content (AvgIpc) is 2.97. The molecule has 9 heteroatoms. The molecule has 0 aliphatic rings. The molecule has 0 fully saturated rings. The van der Waals surface area contributed by atoms with Crippen molar-refractivity contribution in [1.82, 2.24) is 9.97 Å². The molecule has 0 saturated heterocycles. The van der Waals surface area contributed by atoms with E-state index in [1.165, 1.54) is 18.3 Å². The number of hydrazone groups is 1. The van der Waals surface area contributed by atoms with Crippen LogP contribution in [0.5, 0.6) is 0 Å². The Morgan fingerprint density at radius 3 is 2.95 bits per heavy atom. The first-order valence-corrected chi connectivity index (χ1v) is 6.57. The normalized spacial score (nSPS) is 11.1. The number of rotatable bonds is 4. The smallest absolute Gasteiger partial charge is 0.400 e. The van der Waals surface area contributed by atoms with Gasteiger partial charge in [-0.1, -0.05) is 24.4 Å². The molecule has 3 aromatic rings. The Hall–Kier alpha value is -3.07. The Bertz CT molecular complexity index is 931. The maximum absolute atomic E-state index is 10.5. The van der Waals surface area contributed by atoms with Gasteiger partial charge in [0.2, 0.25) is 0 Å². The van der Waals surface area contributed by atoms with Crippen molar-refractivity contribution < 1.29 is 9.34 Å². The molecule has 2 aromatic heterocycles. The molecule has 0 spiro atoms. The first-order chi connectivity index (χ1) is 10.6. The highest BCUT2D eigenvalue weighted by Gasteiger charge is 2.10. The van der Waals surface area contributed by atoms with Gasteiger partial charge in [-0.2, -0.15) is 5.10 Å². The van der Waals surface area contributed by atoms with Gasteiger partial charge >= 0.3 is 5.88 Å². The minimum absolute atomic E-state index is 0.245. The fourth-order valence-corrected chi connectivity index (χ4v) is 1.97. The van der Waals surface area contributed by atoms with E-state index in [1.54, 1.807) is 0 Å². The Labute approximate surface area is 128 Å². The zero-order valence-electron chi connectivity index (χ0n) is 11.0. The van der Waals surface area contributed by atoms with E-state index < -0.39 is 4.92 Å². The number of nitrogens with zero attached hydrogens (tertiary/aromatic N) is 3. The topological polar surface area (TPSA) is 109 Å². The van der Waals surface area contributed by atoms with Gasteiger partial charge in [-0.25, -0.2) is 4.98 Å². The molecule has 0 saturated carbocycles. The third kappa shape index (κ3) is 2.83. The standard InChI is InChI=1S/C13H9N5O3S/c19-18(20)11-6-5-8(21-11)7-14-17-12-13(22)16-10-4-2-1-3-9(10)15-12/h1-7H,(H,15,17)(H,16,22). The summed E-state index contributed by atoms with van der Waals surface area (Å²) in [5, 5.41) is 14.4. The van der Waals surface area contributed by atoms with Gasteiger partial charge in [-0.3, -0.25) is 15.5 Å². The highest BCUT2D eigenvalue weighted by atomic mass is 32.1. The molecular formula is C13H9N5O3S. The number of hydrogen-bond acceptors (Lipinski definition) is 7. The van der Waals surface area contributed by atoms with Crippen LogP contribution in [0.4, 0.5) is 11.7 Å². The Morgan fingerprint density at radius 1 is 1.36 bits per heavy atom. The van der Waals surface area contributed by atoms with E-state index in [1.807, 2.05) is 24.3 Å². The predicted molar refractivity (Wildman–Crippen MR) is 83.5 cm³/mol. The van der Waals surface area contributed by atoms with E-state index in [4.69, 9.17) is 16.6 Å². The number of anilines is 1. The van der Waals surface area contributed by atoms with E-state index in [0.717, 1.165) is 11.0 Å². The first-order valence-electron chi connectivity index (χ1n) is 6.16. The summed E-state index contributed by atoms with van der Waals surface area (Å²) < 4.78 is 5.34. The van der Waals surface area contributed by atoms with Crippen LogP contribution >= 0.6 is 12.2 Å². The summed E-state index contributed by atoms with van der Waals surface area (Å²) in [5.41, 5.74) is 4.25. The molecule has 0 unspecified atom stereocenters. The van der Waals surface area contributed by atoms with Crippen LogP contribution in [-0.4, -0.2) is 21.1 Å².